The summed E-state index contributed by atoms with van der Waals surface area (Å²) in [5.41, 5.74) is 10.6. The first kappa shape index (κ1) is 12.3. The van der Waals surface area contributed by atoms with Crippen LogP contribution >= 0.6 is 0 Å². The summed E-state index contributed by atoms with van der Waals surface area (Å²) in [4.78, 5) is 26.3. The summed E-state index contributed by atoms with van der Waals surface area (Å²) >= 11 is 0. The van der Waals surface area contributed by atoms with Gasteiger partial charge < -0.3 is 22.1 Å². The van der Waals surface area contributed by atoms with Gasteiger partial charge in [-0.1, -0.05) is 6.92 Å². The lowest BCUT2D eigenvalue weighted by Crippen LogP contribution is -2.48. The fourth-order valence-corrected chi connectivity index (χ4v) is 1.47. The van der Waals surface area contributed by atoms with Gasteiger partial charge in [-0.3, -0.25) is 14.6 Å². The fourth-order valence-electron chi connectivity index (χ4n) is 1.47. The predicted octanol–water partition coefficient (Wildman–Crippen LogP) is -1.96. The van der Waals surface area contributed by atoms with Crippen molar-refractivity contribution in [2.24, 2.45) is 16.5 Å². The molecule has 1 aliphatic heterocycles. The molecule has 0 bridgehead atoms. The molecule has 6 N–H and O–H groups in total. The Morgan fingerprint density at radius 3 is 2.81 bits per heavy atom. The quantitative estimate of drug-likeness (QED) is 0.435. The smallest absolute Gasteiger partial charge is 0.240 e. The molecule has 0 saturated heterocycles. The summed E-state index contributed by atoms with van der Waals surface area (Å²) in [5, 5.41) is 5.46. The average Bonchev–Trinajstić information content (AvgIpc) is 2.62. The van der Waals surface area contributed by atoms with Crippen molar-refractivity contribution in [1.29, 1.82) is 0 Å². The molecule has 0 saturated carbocycles. The van der Waals surface area contributed by atoms with Crippen LogP contribution in [0.1, 0.15) is 19.8 Å². The van der Waals surface area contributed by atoms with Crippen LogP contribution < -0.4 is 22.1 Å². The summed E-state index contributed by atoms with van der Waals surface area (Å²) in [7, 11) is 0. The lowest BCUT2D eigenvalue weighted by molar-refractivity contribution is -0.127. The minimum atomic E-state index is -0.675. The largest absolute Gasteiger partial charge is 0.370 e. The number of hydrogen-bond acceptors (Lipinski definition) is 5. The van der Waals surface area contributed by atoms with E-state index in [4.69, 9.17) is 11.5 Å². The van der Waals surface area contributed by atoms with Gasteiger partial charge in [-0.2, -0.15) is 0 Å². The zero-order valence-corrected chi connectivity index (χ0v) is 9.19. The average molecular weight is 227 g/mol. The number of primary amides is 1. The molecular formula is C9H17N5O2. The van der Waals surface area contributed by atoms with Gasteiger partial charge in [0.25, 0.3) is 0 Å². The van der Waals surface area contributed by atoms with Crippen molar-refractivity contribution in [1.82, 2.24) is 10.6 Å². The Hall–Kier alpha value is -1.79. The molecule has 0 aromatic rings. The van der Waals surface area contributed by atoms with E-state index in [9.17, 15) is 9.59 Å². The molecule has 1 aliphatic rings. The van der Waals surface area contributed by atoms with Crippen LogP contribution in [0.25, 0.3) is 0 Å². The molecule has 90 valence electrons. The highest BCUT2D eigenvalue weighted by molar-refractivity contribution is 5.86. The third-order valence-electron chi connectivity index (χ3n) is 2.35. The Labute approximate surface area is 93.7 Å². The first-order chi connectivity index (χ1) is 7.52. The maximum Gasteiger partial charge on any atom is 0.240 e. The summed E-state index contributed by atoms with van der Waals surface area (Å²) in [6, 6.07) is -0.722. The molecule has 2 atom stereocenters. The van der Waals surface area contributed by atoms with E-state index in [-0.39, 0.29) is 11.9 Å². The number of nitrogens with two attached hydrogens (primary N) is 2. The number of carbonyl (C=O) groups excluding carboxylic acids is 2. The minimum Gasteiger partial charge on any atom is -0.370 e. The third-order valence-corrected chi connectivity index (χ3v) is 2.35. The fraction of sp³-hybridized carbons (Fsp3) is 0.667. The Kier molecular flexibility index (Phi) is 4.10. The van der Waals surface area contributed by atoms with Crippen molar-refractivity contribution < 1.29 is 9.59 Å². The van der Waals surface area contributed by atoms with Crippen LogP contribution in [0.2, 0.25) is 0 Å². The number of guanidine groups is 1. The molecule has 16 heavy (non-hydrogen) atoms. The number of nitrogens with zero attached hydrogens (tertiary/aromatic N) is 1. The topological polar surface area (TPSA) is 123 Å². The van der Waals surface area contributed by atoms with E-state index in [0.29, 0.717) is 25.3 Å². The van der Waals surface area contributed by atoms with Crippen molar-refractivity contribution in [2.45, 2.75) is 31.8 Å². The van der Waals surface area contributed by atoms with Crippen molar-refractivity contribution in [3.63, 3.8) is 0 Å². The van der Waals surface area contributed by atoms with E-state index in [2.05, 4.69) is 15.6 Å². The molecule has 0 spiro atoms. The SMILES string of the molecule is CCC(=O)NC(CC1CN=C(N)N1)C(N)=O. The van der Waals surface area contributed by atoms with Gasteiger partial charge >= 0.3 is 0 Å². The van der Waals surface area contributed by atoms with Crippen molar-refractivity contribution >= 4 is 17.8 Å². The molecule has 0 aromatic carbocycles. The van der Waals surface area contributed by atoms with Gasteiger partial charge in [0.05, 0.1) is 12.6 Å². The Bertz CT molecular complexity index is 315. The normalized spacial score (nSPS) is 20.8. The highest BCUT2D eigenvalue weighted by atomic mass is 16.2. The van der Waals surface area contributed by atoms with Crippen LogP contribution in [-0.2, 0) is 9.59 Å². The summed E-state index contributed by atoms with van der Waals surface area (Å²) in [6.07, 6.45) is 0.714. The van der Waals surface area contributed by atoms with E-state index in [1.165, 1.54) is 0 Å². The number of hydrogen-bond donors (Lipinski definition) is 4. The van der Waals surface area contributed by atoms with E-state index in [1.807, 2.05) is 0 Å². The van der Waals surface area contributed by atoms with Gasteiger partial charge in [0.2, 0.25) is 11.8 Å². The molecule has 7 heteroatoms. The summed E-state index contributed by atoms with van der Waals surface area (Å²) < 4.78 is 0. The first-order valence-electron chi connectivity index (χ1n) is 5.18. The number of nitrogens with one attached hydrogen (secondary N) is 2. The van der Waals surface area contributed by atoms with E-state index >= 15 is 0 Å². The molecule has 2 amide bonds. The van der Waals surface area contributed by atoms with E-state index in [0.717, 1.165) is 0 Å². The Morgan fingerprint density at radius 2 is 2.38 bits per heavy atom. The monoisotopic (exact) mass is 227 g/mol. The van der Waals surface area contributed by atoms with E-state index in [1.54, 1.807) is 6.92 Å². The van der Waals surface area contributed by atoms with Crippen LogP contribution in [0, 0.1) is 0 Å². The molecule has 0 fully saturated rings. The second-order valence-electron chi connectivity index (χ2n) is 3.68. The maximum atomic E-state index is 11.2. The molecular weight excluding hydrogens is 210 g/mol. The van der Waals surface area contributed by atoms with Crippen molar-refractivity contribution in [2.75, 3.05) is 6.54 Å². The van der Waals surface area contributed by atoms with Crippen molar-refractivity contribution in [3.8, 4) is 0 Å². The molecule has 2 unspecified atom stereocenters. The molecule has 1 rings (SSSR count). The number of aliphatic imine (C=N–C) groups is 1. The highest BCUT2D eigenvalue weighted by Gasteiger charge is 2.24. The molecule has 0 aromatic heterocycles. The second-order valence-corrected chi connectivity index (χ2v) is 3.68. The second kappa shape index (κ2) is 5.34. The molecule has 0 aliphatic carbocycles. The van der Waals surface area contributed by atoms with Crippen LogP contribution in [0.3, 0.4) is 0 Å². The Balaban J connectivity index is 2.46. The predicted molar refractivity (Wildman–Crippen MR) is 59.4 cm³/mol. The van der Waals surface area contributed by atoms with Gasteiger partial charge in [-0.15, -0.1) is 0 Å². The van der Waals surface area contributed by atoms with Crippen LogP contribution in [0.15, 0.2) is 4.99 Å². The van der Waals surface area contributed by atoms with Gasteiger partial charge in [0.15, 0.2) is 5.96 Å². The third kappa shape index (κ3) is 3.41. The van der Waals surface area contributed by atoms with Crippen LogP contribution in [0.5, 0.6) is 0 Å². The molecule has 7 nitrogen and oxygen atoms in total. The number of amides is 2. The molecule has 1 heterocycles. The highest BCUT2D eigenvalue weighted by Crippen LogP contribution is 2.03. The maximum absolute atomic E-state index is 11.2. The number of rotatable bonds is 5. The summed E-state index contributed by atoms with van der Waals surface area (Å²) in [6.45, 7) is 2.21. The summed E-state index contributed by atoms with van der Waals surface area (Å²) in [5.74, 6) is -0.389. The van der Waals surface area contributed by atoms with Crippen LogP contribution in [0.4, 0.5) is 0 Å². The van der Waals surface area contributed by atoms with Gasteiger partial charge in [0.1, 0.15) is 6.04 Å². The minimum absolute atomic E-state index is 0.0466. The zero-order valence-electron chi connectivity index (χ0n) is 9.19. The van der Waals surface area contributed by atoms with Gasteiger partial charge in [-0.25, -0.2) is 0 Å². The first-order valence-corrected chi connectivity index (χ1v) is 5.18. The lowest BCUT2D eigenvalue weighted by Gasteiger charge is -2.19. The Morgan fingerprint density at radius 1 is 1.69 bits per heavy atom. The van der Waals surface area contributed by atoms with Gasteiger partial charge in [-0.05, 0) is 6.42 Å². The van der Waals surface area contributed by atoms with Gasteiger partial charge in [0, 0.05) is 6.42 Å². The van der Waals surface area contributed by atoms with E-state index < -0.39 is 11.9 Å². The van der Waals surface area contributed by atoms with Crippen LogP contribution in [-0.4, -0.2) is 36.4 Å². The number of carbonyl (C=O) groups is 2. The zero-order chi connectivity index (χ0) is 12.1. The lowest BCUT2D eigenvalue weighted by atomic mass is 10.1. The van der Waals surface area contributed by atoms with Crippen molar-refractivity contribution in [3.05, 3.63) is 0 Å². The molecule has 0 radical (unpaired) electrons. The standard InChI is InChI=1S/C9H17N5O2/c1-2-7(15)14-6(8(10)16)3-5-4-12-9(11)13-5/h5-6H,2-4H2,1H3,(H2,10,16)(H,14,15)(H3,11,12,13).